The highest BCUT2D eigenvalue weighted by atomic mass is 16.5. The van der Waals surface area contributed by atoms with Gasteiger partial charge in [0, 0.05) is 0 Å². The van der Waals surface area contributed by atoms with Crippen LogP contribution in [-0.2, 0) is 4.74 Å². The molecule has 10 heavy (non-hydrogen) atoms. The predicted octanol–water partition coefficient (Wildman–Crippen LogP) is -2.62. The molecule has 0 aromatic heterocycles. The van der Waals surface area contributed by atoms with E-state index in [0.717, 1.165) is 0 Å². The Morgan fingerprint density at radius 1 is 1.20 bits per heavy atom. The minimum Gasteiger partial charge on any atom is -0.388 e. The molecule has 1 aliphatic rings. The van der Waals surface area contributed by atoms with Crippen LogP contribution in [0.1, 0.15) is 0 Å². The molecule has 5 nitrogen and oxygen atoms in total. The molecule has 1 saturated heterocycles. The van der Waals surface area contributed by atoms with Crippen molar-refractivity contribution >= 4 is 0 Å². The third-order valence-electron chi connectivity index (χ3n) is 1.54. The molecule has 1 aliphatic heterocycles. The van der Waals surface area contributed by atoms with Crippen molar-refractivity contribution in [1.82, 2.24) is 0 Å². The first-order chi connectivity index (χ1) is 4.63. The Labute approximate surface area is 58.0 Å². The van der Waals surface area contributed by atoms with Gasteiger partial charge in [-0.15, -0.1) is 0 Å². The number of nitrogens with two attached hydrogens (primary N) is 1. The largest absolute Gasteiger partial charge is 0.388 e. The lowest BCUT2D eigenvalue weighted by atomic mass is 10.1. The Hall–Kier alpha value is -0.200. The number of aliphatic hydroxyl groups is 3. The molecule has 60 valence electrons. The first-order valence-electron chi connectivity index (χ1n) is 3.04. The van der Waals surface area contributed by atoms with Crippen LogP contribution in [0.4, 0.5) is 0 Å². The maximum Gasteiger partial charge on any atom is 0.134 e. The molecule has 0 aromatic rings. The minimum absolute atomic E-state index is 0.0284. The Balaban J connectivity index is 2.52. The van der Waals surface area contributed by atoms with Crippen LogP contribution in [-0.4, -0.2) is 46.5 Å². The summed E-state index contributed by atoms with van der Waals surface area (Å²) in [6.45, 7) is -0.0284. The van der Waals surface area contributed by atoms with Crippen LogP contribution in [0.15, 0.2) is 0 Å². The fourth-order valence-corrected chi connectivity index (χ4v) is 0.829. The lowest BCUT2D eigenvalue weighted by molar-refractivity contribution is -0.184. The van der Waals surface area contributed by atoms with Gasteiger partial charge in [-0.1, -0.05) is 0 Å². The quantitative estimate of drug-likeness (QED) is 0.302. The molecule has 0 amide bonds. The topological polar surface area (TPSA) is 95.9 Å². The second-order valence-electron chi connectivity index (χ2n) is 2.35. The normalized spacial score (nSPS) is 49.2. The van der Waals surface area contributed by atoms with Crippen molar-refractivity contribution in [2.45, 2.75) is 24.5 Å². The van der Waals surface area contributed by atoms with Gasteiger partial charge in [0.25, 0.3) is 0 Å². The van der Waals surface area contributed by atoms with Gasteiger partial charge in [0.05, 0.1) is 6.61 Å². The first kappa shape index (κ1) is 7.90. The molecule has 0 spiro atoms. The number of hydrogen-bond donors (Lipinski definition) is 4. The smallest absolute Gasteiger partial charge is 0.134 e. The molecular formula is C5H11NO4. The zero-order valence-electron chi connectivity index (χ0n) is 5.34. The summed E-state index contributed by atoms with van der Waals surface area (Å²) in [7, 11) is 0. The van der Waals surface area contributed by atoms with Gasteiger partial charge in [-0.25, -0.2) is 0 Å². The van der Waals surface area contributed by atoms with Crippen molar-refractivity contribution in [3.05, 3.63) is 0 Å². The van der Waals surface area contributed by atoms with E-state index in [9.17, 15) is 0 Å². The van der Waals surface area contributed by atoms with E-state index in [0.29, 0.717) is 0 Å². The van der Waals surface area contributed by atoms with Crippen LogP contribution in [0.5, 0.6) is 0 Å². The van der Waals surface area contributed by atoms with Crippen molar-refractivity contribution in [1.29, 1.82) is 0 Å². The van der Waals surface area contributed by atoms with Gasteiger partial charge in [0.2, 0.25) is 0 Å². The van der Waals surface area contributed by atoms with E-state index in [1.54, 1.807) is 0 Å². The van der Waals surface area contributed by atoms with E-state index in [4.69, 9.17) is 25.8 Å². The van der Waals surface area contributed by atoms with Gasteiger partial charge in [0.15, 0.2) is 0 Å². The van der Waals surface area contributed by atoms with Gasteiger partial charge in [-0.2, -0.15) is 0 Å². The van der Waals surface area contributed by atoms with Gasteiger partial charge in [-0.05, 0) is 0 Å². The van der Waals surface area contributed by atoms with Crippen molar-refractivity contribution in [3.63, 3.8) is 0 Å². The molecule has 0 bridgehead atoms. The summed E-state index contributed by atoms with van der Waals surface area (Å²) < 4.78 is 4.69. The van der Waals surface area contributed by atoms with E-state index in [1.165, 1.54) is 0 Å². The third-order valence-corrected chi connectivity index (χ3v) is 1.54. The summed E-state index contributed by atoms with van der Waals surface area (Å²) in [4.78, 5) is 0. The van der Waals surface area contributed by atoms with Crippen LogP contribution in [0.3, 0.4) is 0 Å². The molecule has 1 rings (SSSR count). The maximum absolute atomic E-state index is 8.96. The summed E-state index contributed by atoms with van der Waals surface area (Å²) >= 11 is 0. The predicted molar refractivity (Wildman–Crippen MR) is 31.9 cm³/mol. The van der Waals surface area contributed by atoms with E-state index >= 15 is 0 Å². The zero-order valence-corrected chi connectivity index (χ0v) is 5.34. The number of aliphatic hydroxyl groups excluding tert-OH is 3. The lowest BCUT2D eigenvalue weighted by Crippen LogP contribution is -2.56. The van der Waals surface area contributed by atoms with Gasteiger partial charge < -0.3 is 25.8 Å². The van der Waals surface area contributed by atoms with Crippen LogP contribution in [0.25, 0.3) is 0 Å². The Morgan fingerprint density at radius 3 is 2.30 bits per heavy atom. The molecule has 5 heteroatoms. The summed E-state index contributed by atoms with van der Waals surface area (Å²) in [5.41, 5.74) is 5.19. The van der Waals surface area contributed by atoms with E-state index in [1.807, 2.05) is 0 Å². The molecule has 1 heterocycles. The highest BCUT2D eigenvalue weighted by Crippen LogP contribution is 2.11. The minimum atomic E-state index is -1.19. The zero-order chi connectivity index (χ0) is 7.72. The molecule has 0 aromatic carbocycles. The molecule has 0 aliphatic carbocycles. The van der Waals surface area contributed by atoms with E-state index < -0.39 is 24.5 Å². The molecular weight excluding hydrogens is 138 g/mol. The maximum atomic E-state index is 8.96. The van der Waals surface area contributed by atoms with E-state index in [2.05, 4.69) is 0 Å². The third kappa shape index (κ3) is 1.28. The van der Waals surface area contributed by atoms with Crippen LogP contribution < -0.4 is 5.73 Å². The van der Waals surface area contributed by atoms with Crippen molar-refractivity contribution in [2.24, 2.45) is 5.73 Å². The lowest BCUT2D eigenvalue weighted by Gasteiger charge is -2.32. The molecule has 5 N–H and O–H groups in total. The Bertz CT molecular complexity index is 106. The Morgan fingerprint density at radius 2 is 1.80 bits per heavy atom. The summed E-state index contributed by atoms with van der Waals surface area (Å²) in [5.74, 6) is 0. The highest BCUT2D eigenvalue weighted by Gasteiger charge is 2.35. The second kappa shape index (κ2) is 2.81. The van der Waals surface area contributed by atoms with Gasteiger partial charge >= 0.3 is 0 Å². The molecule has 1 unspecified atom stereocenters. The van der Waals surface area contributed by atoms with Gasteiger partial charge in [0.1, 0.15) is 24.5 Å². The SMILES string of the molecule is N[C@@H]1OC[C@@H](O)C(O)[C@@H]1O. The van der Waals surface area contributed by atoms with Crippen molar-refractivity contribution in [3.8, 4) is 0 Å². The molecule has 1 fully saturated rings. The van der Waals surface area contributed by atoms with Crippen molar-refractivity contribution in [2.75, 3.05) is 6.61 Å². The fraction of sp³-hybridized carbons (Fsp3) is 1.00. The number of rotatable bonds is 0. The average Bonchev–Trinajstić information content (AvgIpc) is 1.93. The monoisotopic (exact) mass is 149 g/mol. The van der Waals surface area contributed by atoms with E-state index in [-0.39, 0.29) is 6.61 Å². The molecule has 0 radical (unpaired) electrons. The van der Waals surface area contributed by atoms with Gasteiger partial charge in [-0.3, -0.25) is 0 Å². The molecule has 4 atom stereocenters. The Kier molecular flexibility index (Phi) is 2.22. The first-order valence-corrected chi connectivity index (χ1v) is 3.04. The second-order valence-corrected chi connectivity index (χ2v) is 2.35. The van der Waals surface area contributed by atoms with Crippen molar-refractivity contribution < 1.29 is 20.1 Å². The number of ether oxygens (including phenoxy) is 1. The summed E-state index contributed by atoms with van der Waals surface area (Å²) in [6, 6.07) is 0. The average molecular weight is 149 g/mol. The summed E-state index contributed by atoms with van der Waals surface area (Å²) in [5, 5.41) is 26.8. The van der Waals surface area contributed by atoms with Crippen LogP contribution >= 0.6 is 0 Å². The number of hydrogen-bond acceptors (Lipinski definition) is 5. The molecule has 0 saturated carbocycles. The highest BCUT2D eigenvalue weighted by molar-refractivity contribution is 4.83. The summed E-state index contributed by atoms with van der Waals surface area (Å²) in [6.07, 6.45) is -4.30. The standard InChI is InChI=1S/C5H11NO4/c6-5-4(9)3(8)2(7)1-10-5/h2-5,7-9H,1,6H2/t2-,3?,4+,5-/m1/s1. The van der Waals surface area contributed by atoms with Crippen LogP contribution in [0, 0.1) is 0 Å². The fourth-order valence-electron chi connectivity index (χ4n) is 0.829. The van der Waals surface area contributed by atoms with Crippen LogP contribution in [0.2, 0.25) is 0 Å².